The Morgan fingerprint density at radius 1 is 1.03 bits per heavy atom. The second-order valence-electron chi connectivity index (χ2n) is 9.39. The normalized spacial score (nSPS) is 32.8. The van der Waals surface area contributed by atoms with E-state index in [9.17, 15) is 14.4 Å². The van der Waals surface area contributed by atoms with E-state index >= 15 is 0 Å². The van der Waals surface area contributed by atoms with Crippen LogP contribution >= 0.6 is 10.5 Å². The molecule has 7 atom stereocenters. The average molecular weight is 503 g/mol. The number of carbonyl (C=O) groups is 3. The lowest BCUT2D eigenvalue weighted by Gasteiger charge is -2.28. The van der Waals surface area contributed by atoms with E-state index in [0.717, 1.165) is 20.2 Å². The molecular formula is C28H22O7S. The van der Waals surface area contributed by atoms with Gasteiger partial charge in [0.1, 0.15) is 11.9 Å². The van der Waals surface area contributed by atoms with Crippen LogP contribution in [0.5, 0.6) is 5.75 Å². The van der Waals surface area contributed by atoms with Crippen molar-refractivity contribution in [3.8, 4) is 5.75 Å². The zero-order valence-electron chi connectivity index (χ0n) is 19.1. The summed E-state index contributed by atoms with van der Waals surface area (Å²) in [7, 11) is -0.394. The fraction of sp³-hybridized carbons (Fsp3) is 0.286. The molecule has 2 bridgehead atoms. The Morgan fingerprint density at radius 3 is 2.72 bits per heavy atom. The second-order valence-corrected chi connectivity index (χ2v) is 11.4. The van der Waals surface area contributed by atoms with Crippen LogP contribution in [-0.2, 0) is 23.8 Å². The molecule has 0 radical (unpaired) electrons. The van der Waals surface area contributed by atoms with Gasteiger partial charge in [0.05, 0.1) is 17.9 Å². The highest BCUT2D eigenvalue weighted by atomic mass is 32.2. The standard InChI is InChI=1S/C28H22O7S/c29-23(34-26-20-13-19-25(33-20)27(26)35-28(19)31)14-32-15-9-11-16(12-10-15)36-21-7-3-1-5-17(21)24(30)18-6-2-4-8-22(18)36/h1-12,17,19-20,25-27H,13-14H2. The summed E-state index contributed by atoms with van der Waals surface area (Å²) in [5.74, 6) is -0.599. The summed E-state index contributed by atoms with van der Waals surface area (Å²) in [5, 5.41) is 0. The molecule has 2 aromatic carbocycles. The van der Waals surface area contributed by atoms with Crippen molar-refractivity contribution in [3.63, 3.8) is 0 Å². The first-order valence-corrected chi connectivity index (χ1v) is 13.2. The minimum absolute atomic E-state index is 0.132. The van der Waals surface area contributed by atoms with Crippen LogP contribution in [0.15, 0.2) is 82.6 Å². The van der Waals surface area contributed by atoms with E-state index in [-0.39, 0.29) is 42.4 Å². The van der Waals surface area contributed by atoms with Gasteiger partial charge >= 0.3 is 11.9 Å². The first-order valence-electron chi connectivity index (χ1n) is 12.0. The number of ketones is 1. The first-order chi connectivity index (χ1) is 17.6. The SMILES string of the molecule is O=C(COc1ccc(S2=C3C=CC=CC3C(=O)c3ccccc32)cc1)OC1C2CC3C(=O)OC1C3O2. The maximum atomic E-state index is 13.1. The van der Waals surface area contributed by atoms with Crippen LogP contribution in [0.4, 0.5) is 0 Å². The maximum absolute atomic E-state index is 13.1. The summed E-state index contributed by atoms with van der Waals surface area (Å²) in [4.78, 5) is 40.5. The van der Waals surface area contributed by atoms with Gasteiger partial charge in [-0.1, -0.05) is 42.5 Å². The molecule has 4 aliphatic heterocycles. The van der Waals surface area contributed by atoms with Crippen LogP contribution in [0.25, 0.3) is 0 Å². The van der Waals surface area contributed by atoms with E-state index in [0.29, 0.717) is 12.2 Å². The zero-order valence-corrected chi connectivity index (χ0v) is 19.9. The molecular weight excluding hydrogens is 480 g/mol. The summed E-state index contributed by atoms with van der Waals surface area (Å²) < 4.78 is 22.3. The van der Waals surface area contributed by atoms with Gasteiger partial charge in [-0.15, -0.1) is 10.5 Å². The van der Waals surface area contributed by atoms with Gasteiger partial charge in [0, 0.05) is 15.4 Å². The smallest absolute Gasteiger partial charge is 0.344 e. The third-order valence-corrected chi connectivity index (χ3v) is 9.74. The van der Waals surface area contributed by atoms with E-state index in [1.54, 1.807) is 0 Å². The topological polar surface area (TPSA) is 88.1 Å². The second kappa shape index (κ2) is 8.28. The Bertz CT molecular complexity index is 1390. The number of fused-ring (bicyclic) bond motifs is 3. The molecule has 3 saturated heterocycles. The van der Waals surface area contributed by atoms with Gasteiger partial charge in [0.2, 0.25) is 0 Å². The molecule has 1 aliphatic carbocycles. The van der Waals surface area contributed by atoms with Crippen LogP contribution in [0.2, 0.25) is 0 Å². The molecule has 4 heterocycles. The van der Waals surface area contributed by atoms with Gasteiger partial charge in [-0.3, -0.25) is 9.59 Å². The lowest BCUT2D eigenvalue weighted by atomic mass is 9.88. The molecule has 7 unspecified atom stereocenters. The van der Waals surface area contributed by atoms with E-state index in [2.05, 4.69) is 0 Å². The van der Waals surface area contributed by atoms with Crippen molar-refractivity contribution < 1.29 is 33.3 Å². The molecule has 0 saturated carbocycles. The highest BCUT2D eigenvalue weighted by molar-refractivity contribution is 8.16. The van der Waals surface area contributed by atoms with E-state index in [1.807, 2.05) is 72.8 Å². The lowest BCUT2D eigenvalue weighted by molar-refractivity contribution is -0.162. The van der Waals surface area contributed by atoms with Crippen LogP contribution in [0.1, 0.15) is 16.8 Å². The molecule has 8 heteroatoms. The van der Waals surface area contributed by atoms with Crippen LogP contribution in [-0.4, -0.2) is 53.6 Å². The minimum Gasteiger partial charge on any atom is -0.482 e. The number of hydrogen-bond donors (Lipinski definition) is 0. The van der Waals surface area contributed by atoms with Crippen molar-refractivity contribution in [1.82, 2.24) is 0 Å². The van der Waals surface area contributed by atoms with Gasteiger partial charge < -0.3 is 18.9 Å². The van der Waals surface area contributed by atoms with Crippen molar-refractivity contribution in [2.75, 3.05) is 6.61 Å². The first kappa shape index (κ1) is 21.8. The summed E-state index contributed by atoms with van der Waals surface area (Å²) in [6, 6.07) is 15.4. The lowest BCUT2D eigenvalue weighted by Crippen LogP contribution is -2.40. The van der Waals surface area contributed by atoms with Crippen molar-refractivity contribution in [1.29, 1.82) is 0 Å². The molecule has 2 aromatic rings. The number of benzene rings is 2. The Labute approximate surface area is 209 Å². The van der Waals surface area contributed by atoms with Crippen molar-refractivity contribution >= 4 is 33.1 Å². The number of esters is 2. The van der Waals surface area contributed by atoms with E-state index in [1.165, 1.54) is 0 Å². The fourth-order valence-corrected chi connectivity index (χ4v) is 8.17. The highest BCUT2D eigenvalue weighted by Crippen LogP contribution is 2.48. The molecule has 0 spiro atoms. The highest BCUT2D eigenvalue weighted by Gasteiger charge is 2.65. The van der Waals surface area contributed by atoms with Crippen molar-refractivity contribution in [2.24, 2.45) is 11.8 Å². The van der Waals surface area contributed by atoms with Crippen LogP contribution < -0.4 is 4.74 Å². The molecule has 36 heavy (non-hydrogen) atoms. The minimum atomic E-state index is -0.575. The van der Waals surface area contributed by atoms with Gasteiger partial charge in [-0.25, -0.2) is 4.79 Å². The average Bonchev–Trinajstić information content (AvgIpc) is 3.54. The zero-order chi connectivity index (χ0) is 24.4. The molecule has 0 aromatic heterocycles. The fourth-order valence-electron chi connectivity index (χ4n) is 5.72. The van der Waals surface area contributed by atoms with Gasteiger partial charge in [-0.05, 0) is 41.6 Å². The van der Waals surface area contributed by atoms with Gasteiger partial charge in [0.15, 0.2) is 24.6 Å². The quantitative estimate of drug-likeness (QED) is 0.457. The summed E-state index contributed by atoms with van der Waals surface area (Å²) in [6.45, 7) is -0.257. The molecule has 0 N–H and O–H groups in total. The predicted molar refractivity (Wildman–Crippen MR) is 130 cm³/mol. The Morgan fingerprint density at radius 2 is 1.86 bits per heavy atom. The molecule has 7 nitrogen and oxygen atoms in total. The largest absolute Gasteiger partial charge is 0.482 e. The van der Waals surface area contributed by atoms with Crippen molar-refractivity contribution in [2.45, 2.75) is 40.6 Å². The van der Waals surface area contributed by atoms with Crippen molar-refractivity contribution in [3.05, 3.63) is 78.4 Å². The summed E-state index contributed by atoms with van der Waals surface area (Å²) >= 11 is 0. The number of carbonyl (C=O) groups excluding carboxylic acids is 3. The maximum Gasteiger partial charge on any atom is 0.344 e. The predicted octanol–water partition coefficient (Wildman–Crippen LogP) is 3.49. The Hall–Kier alpha value is -3.49. The Kier molecular flexibility index (Phi) is 5.01. The van der Waals surface area contributed by atoms with E-state index in [4.69, 9.17) is 18.9 Å². The molecule has 0 amide bonds. The molecule has 3 fully saturated rings. The molecule has 7 rings (SSSR count). The number of hydrogen-bond acceptors (Lipinski definition) is 7. The monoisotopic (exact) mass is 502 g/mol. The number of rotatable bonds is 5. The molecule has 182 valence electrons. The summed E-state index contributed by atoms with van der Waals surface area (Å²) in [5.41, 5.74) is 0.765. The molecule has 5 aliphatic rings. The van der Waals surface area contributed by atoms with Crippen LogP contribution in [0.3, 0.4) is 0 Å². The number of Topliss-reactive ketones (excluding diaryl/α,β-unsaturated/α-hetero) is 1. The number of ether oxygens (including phenoxy) is 4. The Balaban J connectivity index is 1.06. The van der Waals surface area contributed by atoms with Crippen LogP contribution in [0, 0.1) is 11.8 Å². The number of allylic oxidation sites excluding steroid dienone is 4. The van der Waals surface area contributed by atoms with E-state index < -0.39 is 28.7 Å². The summed E-state index contributed by atoms with van der Waals surface area (Å²) in [6.07, 6.45) is 6.75. The third-order valence-electron chi connectivity index (χ3n) is 7.34. The third kappa shape index (κ3) is 3.32. The van der Waals surface area contributed by atoms with Gasteiger partial charge in [0.25, 0.3) is 0 Å². The van der Waals surface area contributed by atoms with Gasteiger partial charge in [-0.2, -0.15) is 0 Å².